The molecule has 4 heterocycles. The number of carbonyl (C=O) groups excluding carboxylic acids is 2. The molecule has 1 aromatic carbocycles. The number of nitrogens with one attached hydrogen (secondary N) is 1. The summed E-state index contributed by atoms with van der Waals surface area (Å²) in [5, 5.41) is 20.8. The van der Waals surface area contributed by atoms with E-state index in [1.807, 2.05) is 6.92 Å². The maximum atomic E-state index is 12.9. The predicted molar refractivity (Wildman–Crippen MR) is 140 cm³/mol. The van der Waals surface area contributed by atoms with Crippen molar-refractivity contribution in [3.8, 4) is 11.5 Å². The number of hydrogen-bond donors (Lipinski definition) is 2. The van der Waals surface area contributed by atoms with Gasteiger partial charge in [-0.25, -0.2) is 4.79 Å². The molecule has 2 aliphatic heterocycles. The van der Waals surface area contributed by atoms with Crippen LogP contribution >= 0.6 is 34.9 Å². The van der Waals surface area contributed by atoms with E-state index < -0.39 is 29.2 Å². The molecule has 1 saturated heterocycles. The quantitative estimate of drug-likeness (QED) is 0.272. The molecule has 2 aromatic heterocycles. The highest BCUT2D eigenvalue weighted by molar-refractivity contribution is 8.01. The van der Waals surface area contributed by atoms with E-state index in [4.69, 9.17) is 13.9 Å². The van der Waals surface area contributed by atoms with E-state index in [9.17, 15) is 19.5 Å². The van der Waals surface area contributed by atoms with Crippen LogP contribution in [0.2, 0.25) is 0 Å². The second-order valence-corrected chi connectivity index (χ2v) is 11.7. The Kier molecular flexibility index (Phi) is 7.63. The number of β-lactam (4-membered cyclic amide) rings is 1. The zero-order valence-electron chi connectivity index (χ0n) is 20.2. The number of methoxy groups -OCH3 is 1. The molecular weight excluding hydrogens is 552 g/mol. The number of nitrogens with zero attached hydrogens (tertiary/aromatic N) is 3. The molecule has 14 heteroatoms. The van der Waals surface area contributed by atoms with Crippen molar-refractivity contribution in [2.75, 3.05) is 18.6 Å². The number of amides is 2. The molecule has 2 N–H and O–H groups in total. The van der Waals surface area contributed by atoms with Gasteiger partial charge >= 0.3 is 5.97 Å². The summed E-state index contributed by atoms with van der Waals surface area (Å²) in [6, 6.07) is 9.32. The fraction of sp³-hybridized carbons (Fsp3) is 0.292. The second kappa shape index (κ2) is 11.1. The van der Waals surface area contributed by atoms with Crippen LogP contribution in [-0.4, -0.2) is 68.0 Å². The van der Waals surface area contributed by atoms with Gasteiger partial charge < -0.3 is 24.3 Å². The number of rotatable bonds is 10. The minimum Gasteiger partial charge on any atom is -0.497 e. The predicted octanol–water partition coefficient (Wildman–Crippen LogP) is 3.17. The number of carboxylic acids is 1. The zero-order chi connectivity index (χ0) is 26.8. The molecule has 2 aliphatic rings. The number of hydrogen-bond acceptors (Lipinski definition) is 11. The summed E-state index contributed by atoms with van der Waals surface area (Å²) in [6.07, 6.45) is 0. The minimum atomic E-state index is -1.18. The van der Waals surface area contributed by atoms with Gasteiger partial charge in [-0.1, -0.05) is 23.1 Å². The topological polar surface area (TPSA) is 144 Å². The van der Waals surface area contributed by atoms with E-state index in [-0.39, 0.29) is 18.1 Å². The second-order valence-electron chi connectivity index (χ2n) is 8.22. The lowest BCUT2D eigenvalue weighted by Gasteiger charge is -2.49. The third-order valence-electron chi connectivity index (χ3n) is 5.74. The fourth-order valence-electron chi connectivity index (χ4n) is 3.90. The van der Waals surface area contributed by atoms with Crippen LogP contribution in [-0.2, 0) is 16.2 Å². The van der Waals surface area contributed by atoms with Crippen LogP contribution in [0.4, 0.5) is 0 Å². The van der Waals surface area contributed by atoms with Crippen molar-refractivity contribution in [1.29, 1.82) is 0 Å². The first-order valence-corrected chi connectivity index (χ1v) is 14.2. The van der Waals surface area contributed by atoms with Gasteiger partial charge in [-0.3, -0.25) is 14.5 Å². The highest BCUT2D eigenvalue weighted by Gasteiger charge is 2.54. The maximum Gasteiger partial charge on any atom is 0.352 e. The number of aryl methyl sites for hydroxylation is 1. The first-order chi connectivity index (χ1) is 18.3. The van der Waals surface area contributed by atoms with Crippen LogP contribution in [0.3, 0.4) is 0 Å². The third kappa shape index (κ3) is 5.37. The molecule has 3 aromatic rings. The molecule has 2 amide bonds. The summed E-state index contributed by atoms with van der Waals surface area (Å²) in [7, 11) is 1.58. The van der Waals surface area contributed by atoms with Gasteiger partial charge in [-0.05, 0) is 48.9 Å². The van der Waals surface area contributed by atoms with Gasteiger partial charge in [0.25, 0.3) is 11.8 Å². The summed E-state index contributed by atoms with van der Waals surface area (Å²) >= 11 is 4.22. The van der Waals surface area contributed by atoms with E-state index in [0.29, 0.717) is 34.3 Å². The molecular formula is C24H22N4O7S3. The van der Waals surface area contributed by atoms with E-state index in [2.05, 4.69) is 15.5 Å². The number of aliphatic carboxylic acids is 1. The Morgan fingerprint density at radius 1 is 1.21 bits per heavy atom. The van der Waals surface area contributed by atoms with Gasteiger partial charge in [-0.2, -0.15) is 0 Å². The van der Waals surface area contributed by atoms with E-state index in [1.165, 1.54) is 45.8 Å². The van der Waals surface area contributed by atoms with Crippen molar-refractivity contribution in [3.63, 3.8) is 0 Å². The maximum absolute atomic E-state index is 12.9. The van der Waals surface area contributed by atoms with E-state index >= 15 is 0 Å². The minimum absolute atomic E-state index is 0.0313. The van der Waals surface area contributed by atoms with Gasteiger partial charge in [0, 0.05) is 11.5 Å². The van der Waals surface area contributed by atoms with Crippen molar-refractivity contribution in [1.82, 2.24) is 20.4 Å². The molecule has 2 atom stereocenters. The summed E-state index contributed by atoms with van der Waals surface area (Å²) in [5.74, 6) is 0.369. The van der Waals surface area contributed by atoms with Crippen LogP contribution < -0.4 is 14.8 Å². The van der Waals surface area contributed by atoms with Crippen LogP contribution in [0, 0.1) is 6.92 Å². The highest BCUT2D eigenvalue weighted by Crippen LogP contribution is 2.42. The van der Waals surface area contributed by atoms with Gasteiger partial charge in [0.1, 0.15) is 46.0 Å². The summed E-state index contributed by atoms with van der Waals surface area (Å²) in [5.41, 5.74) is 0.594. The molecule has 0 aliphatic carbocycles. The third-order valence-corrected chi connectivity index (χ3v) is 9.14. The van der Waals surface area contributed by atoms with Gasteiger partial charge in [0.2, 0.25) is 0 Å². The first kappa shape index (κ1) is 26.1. The molecule has 0 radical (unpaired) electrons. The number of carboxylic acid groups (broad SMARTS) is 1. The van der Waals surface area contributed by atoms with Crippen molar-refractivity contribution in [3.05, 3.63) is 64.2 Å². The number of aromatic nitrogens is 2. The van der Waals surface area contributed by atoms with Crippen LogP contribution in [0.5, 0.6) is 11.5 Å². The molecule has 1 fully saturated rings. The number of furan rings is 1. The van der Waals surface area contributed by atoms with Crippen molar-refractivity contribution in [2.24, 2.45) is 0 Å². The van der Waals surface area contributed by atoms with Crippen LogP contribution in [0.25, 0.3) is 0 Å². The molecule has 0 spiro atoms. The smallest absolute Gasteiger partial charge is 0.352 e. The molecule has 0 unspecified atom stereocenters. The monoisotopic (exact) mass is 574 g/mol. The van der Waals surface area contributed by atoms with Gasteiger partial charge in [-0.15, -0.1) is 22.0 Å². The average Bonchev–Trinajstić information content (AvgIpc) is 3.57. The molecule has 11 nitrogen and oxygen atoms in total. The molecule has 38 heavy (non-hydrogen) atoms. The Hall–Kier alpha value is -3.49. The molecule has 5 rings (SSSR count). The SMILES string of the molecule is COc1ccc(OCc2ccc(C(=O)N[C@@H]3C(=O)N4C(C(=O)O)=C(CSc5nnc(C)s5)CS[C@@H]34)o2)cc1. The lowest BCUT2D eigenvalue weighted by atomic mass is 10.0. The zero-order valence-corrected chi connectivity index (χ0v) is 22.7. The lowest BCUT2D eigenvalue weighted by molar-refractivity contribution is -0.148. The van der Waals surface area contributed by atoms with Gasteiger partial charge in [0.05, 0.1) is 7.11 Å². The van der Waals surface area contributed by atoms with E-state index in [1.54, 1.807) is 37.4 Å². The van der Waals surface area contributed by atoms with Crippen LogP contribution in [0.15, 0.2) is 56.4 Å². The Labute approximate surface area is 229 Å². The Balaban J connectivity index is 1.19. The van der Waals surface area contributed by atoms with E-state index in [0.717, 1.165) is 9.35 Å². The Bertz CT molecular complexity index is 1400. The molecule has 0 bridgehead atoms. The van der Waals surface area contributed by atoms with Crippen molar-refractivity contribution >= 4 is 52.6 Å². The standard InChI is InChI=1S/C24H22N4O7S3/c1-12-26-27-24(38-12)37-11-13-10-36-22-18(21(30)28(22)19(13)23(31)32)25-20(29)17-8-7-16(35-17)9-34-15-5-3-14(33-2)4-6-15/h3-8,18,22H,9-11H2,1-2H3,(H,25,29)(H,31,32)/t18-,22+/m1/s1. The lowest BCUT2D eigenvalue weighted by Crippen LogP contribution is -2.70. The number of fused-ring (bicyclic) bond motifs is 1. The largest absolute Gasteiger partial charge is 0.497 e. The van der Waals surface area contributed by atoms with Crippen molar-refractivity contribution < 1.29 is 33.4 Å². The Morgan fingerprint density at radius 2 is 1.97 bits per heavy atom. The van der Waals surface area contributed by atoms with Crippen LogP contribution in [0.1, 0.15) is 21.3 Å². The first-order valence-electron chi connectivity index (χ1n) is 11.3. The Morgan fingerprint density at radius 3 is 2.66 bits per heavy atom. The summed E-state index contributed by atoms with van der Waals surface area (Å²) in [4.78, 5) is 39.0. The normalized spacial score (nSPS) is 18.6. The van der Waals surface area contributed by atoms with Crippen molar-refractivity contribution in [2.45, 2.75) is 29.3 Å². The molecule has 198 valence electrons. The highest BCUT2D eigenvalue weighted by atomic mass is 32.2. The number of benzene rings is 1. The molecule has 0 saturated carbocycles. The summed E-state index contributed by atoms with van der Waals surface area (Å²) in [6.45, 7) is 1.95. The average molecular weight is 575 g/mol. The fourth-order valence-corrected chi connectivity index (χ4v) is 7.20. The number of thioether (sulfide) groups is 2. The summed E-state index contributed by atoms with van der Waals surface area (Å²) < 4.78 is 17.1. The van der Waals surface area contributed by atoms with Gasteiger partial charge in [0.15, 0.2) is 10.1 Å². The number of carbonyl (C=O) groups is 3. The number of ether oxygens (including phenoxy) is 2.